The zero-order valence-corrected chi connectivity index (χ0v) is 39.1. The summed E-state index contributed by atoms with van der Waals surface area (Å²) in [6.45, 7) is 33.2. The number of ether oxygens (including phenoxy) is 3. The fraction of sp³-hybridized carbons (Fsp3) is 0.809. The van der Waals surface area contributed by atoms with E-state index >= 15 is 0 Å². The lowest BCUT2D eigenvalue weighted by molar-refractivity contribution is -0.164. The number of hydrogen-bond donors (Lipinski definition) is 2. The van der Waals surface area contributed by atoms with Gasteiger partial charge in [0.25, 0.3) is 0 Å². The van der Waals surface area contributed by atoms with Gasteiger partial charge in [0.15, 0.2) is 0 Å². The van der Waals surface area contributed by atoms with Crippen LogP contribution in [0.4, 0.5) is 0 Å². The molecule has 2 fully saturated rings. The number of phenols is 1. The molecule has 1 atom stereocenters. The zero-order chi connectivity index (χ0) is 43.9. The van der Waals surface area contributed by atoms with Crippen LogP contribution in [0, 0.1) is 5.92 Å². The quantitative estimate of drug-likeness (QED) is 0.147. The van der Waals surface area contributed by atoms with E-state index in [0.29, 0.717) is 31.6 Å². The summed E-state index contributed by atoms with van der Waals surface area (Å²) in [6, 6.07) is 4.22. The smallest absolute Gasteiger partial charge is 0.309 e. The van der Waals surface area contributed by atoms with Crippen LogP contribution < -0.4 is 0 Å². The lowest BCUT2D eigenvalue weighted by Gasteiger charge is -2.54. The molecule has 0 radical (unpaired) electrons. The molecule has 57 heavy (non-hydrogen) atoms. The highest BCUT2D eigenvalue weighted by Gasteiger charge is 2.46. The molecule has 1 aromatic carbocycles. The van der Waals surface area contributed by atoms with Gasteiger partial charge in [0, 0.05) is 41.5 Å². The summed E-state index contributed by atoms with van der Waals surface area (Å²) >= 11 is 0. The highest BCUT2D eigenvalue weighted by atomic mass is 16.5. The molecule has 10 nitrogen and oxygen atoms in total. The van der Waals surface area contributed by atoms with Gasteiger partial charge in [-0.1, -0.05) is 73.4 Å². The number of carbonyl (C=O) groups is 3. The third-order valence-corrected chi connectivity index (χ3v) is 12.3. The first-order valence-corrected chi connectivity index (χ1v) is 21.4. The van der Waals surface area contributed by atoms with Crippen molar-refractivity contribution in [3.05, 3.63) is 28.8 Å². The van der Waals surface area contributed by atoms with Crippen LogP contribution in [0.25, 0.3) is 0 Å². The highest BCUT2D eigenvalue weighted by Crippen LogP contribution is 2.42. The number of unbranched alkanes of at least 4 members (excludes halogenated alkanes) is 1. The van der Waals surface area contributed by atoms with E-state index in [-0.39, 0.29) is 76.5 Å². The fourth-order valence-electron chi connectivity index (χ4n) is 9.12. The number of benzene rings is 1. The van der Waals surface area contributed by atoms with Crippen molar-refractivity contribution in [1.29, 1.82) is 0 Å². The van der Waals surface area contributed by atoms with E-state index in [0.717, 1.165) is 48.8 Å². The van der Waals surface area contributed by atoms with Crippen LogP contribution in [0.3, 0.4) is 0 Å². The van der Waals surface area contributed by atoms with Crippen molar-refractivity contribution in [1.82, 2.24) is 9.80 Å². The second kappa shape index (κ2) is 19.6. The van der Waals surface area contributed by atoms with E-state index in [9.17, 15) is 24.6 Å². The van der Waals surface area contributed by atoms with Gasteiger partial charge in [-0.15, -0.1) is 0 Å². The van der Waals surface area contributed by atoms with Crippen LogP contribution in [-0.4, -0.2) is 99.6 Å². The predicted octanol–water partition coefficient (Wildman–Crippen LogP) is 9.03. The molecule has 2 aliphatic rings. The minimum atomic E-state index is -0.413. The Morgan fingerprint density at radius 3 is 1.72 bits per heavy atom. The molecule has 1 unspecified atom stereocenters. The summed E-state index contributed by atoms with van der Waals surface area (Å²) in [6.07, 6.45) is 6.33. The van der Waals surface area contributed by atoms with Crippen LogP contribution >= 0.6 is 0 Å². The van der Waals surface area contributed by atoms with Crippen molar-refractivity contribution in [2.24, 2.45) is 5.92 Å². The molecule has 1 aromatic rings. The largest absolute Gasteiger partial charge is 0.507 e. The van der Waals surface area contributed by atoms with Crippen molar-refractivity contribution >= 4 is 17.9 Å². The van der Waals surface area contributed by atoms with E-state index in [2.05, 4.69) is 138 Å². The summed E-state index contributed by atoms with van der Waals surface area (Å²) in [5, 5.41) is 21.1. The van der Waals surface area contributed by atoms with Crippen LogP contribution in [0.5, 0.6) is 5.75 Å². The lowest BCUT2D eigenvalue weighted by Crippen LogP contribution is -2.62. The highest BCUT2D eigenvalue weighted by molar-refractivity contribution is 5.77. The Bertz CT molecular complexity index is 1430. The Morgan fingerprint density at radius 2 is 1.28 bits per heavy atom. The predicted molar refractivity (Wildman–Crippen MR) is 230 cm³/mol. The minimum absolute atomic E-state index is 0.0220. The molecule has 0 aromatic heterocycles. The van der Waals surface area contributed by atoms with E-state index in [4.69, 9.17) is 9.47 Å². The van der Waals surface area contributed by atoms with Crippen LogP contribution in [0.15, 0.2) is 12.1 Å². The number of phenolic OH excluding ortho intramolecular Hbond substituents is 1. The molecule has 0 bridgehead atoms. The van der Waals surface area contributed by atoms with Gasteiger partial charge in [-0.3, -0.25) is 24.2 Å². The van der Waals surface area contributed by atoms with E-state index < -0.39 is 11.9 Å². The maximum Gasteiger partial charge on any atom is 0.309 e. The Morgan fingerprint density at radius 1 is 0.807 bits per heavy atom. The first-order valence-electron chi connectivity index (χ1n) is 21.4. The third-order valence-electron chi connectivity index (χ3n) is 12.3. The number of piperidine rings is 2. The first-order chi connectivity index (χ1) is 25.9. The van der Waals surface area contributed by atoms with Gasteiger partial charge in [-0.25, -0.2) is 0 Å². The lowest BCUT2D eigenvalue weighted by atomic mass is 9.77. The van der Waals surface area contributed by atoms with Crippen molar-refractivity contribution in [2.75, 3.05) is 27.3 Å². The van der Waals surface area contributed by atoms with Gasteiger partial charge in [0.1, 0.15) is 18.5 Å². The number of hydrogen-bond acceptors (Lipinski definition) is 10. The van der Waals surface area contributed by atoms with E-state index in [1.807, 2.05) is 0 Å². The molecular formula is C47H82N2O8. The molecule has 0 amide bonds. The Kier molecular flexibility index (Phi) is 17.3. The normalized spacial score (nSPS) is 20.5. The molecule has 2 saturated heterocycles. The van der Waals surface area contributed by atoms with Crippen LogP contribution in [0.1, 0.15) is 178 Å². The number of methoxy groups -OCH3 is 1. The second-order valence-corrected chi connectivity index (χ2v) is 21.4. The zero-order valence-electron chi connectivity index (χ0n) is 39.1. The summed E-state index contributed by atoms with van der Waals surface area (Å²) in [7, 11) is 3.47. The molecule has 0 aliphatic carbocycles. The Hall–Kier alpha value is -2.69. The monoisotopic (exact) mass is 803 g/mol. The van der Waals surface area contributed by atoms with Gasteiger partial charge in [-0.2, -0.15) is 0 Å². The Balaban J connectivity index is 0.000000438. The average molecular weight is 803 g/mol. The van der Waals surface area contributed by atoms with Gasteiger partial charge in [-0.05, 0) is 116 Å². The number of rotatable bonds is 13. The summed E-state index contributed by atoms with van der Waals surface area (Å²) in [4.78, 5) is 40.8. The number of aromatic hydroxyl groups is 1. The number of aliphatic hydroxyl groups is 1. The van der Waals surface area contributed by atoms with Crippen molar-refractivity contribution in [3.63, 3.8) is 0 Å². The summed E-state index contributed by atoms with van der Waals surface area (Å²) < 4.78 is 15.9. The van der Waals surface area contributed by atoms with E-state index in [1.165, 1.54) is 7.11 Å². The molecule has 328 valence electrons. The molecule has 0 spiro atoms. The molecule has 2 heterocycles. The first kappa shape index (κ1) is 50.5. The fourth-order valence-corrected chi connectivity index (χ4v) is 9.12. The van der Waals surface area contributed by atoms with Crippen molar-refractivity contribution < 1.29 is 38.8 Å². The number of nitrogens with zero attached hydrogens (tertiary/aromatic N) is 2. The number of likely N-dealkylation sites (tertiary alicyclic amines) is 2. The average Bonchev–Trinajstić information content (AvgIpc) is 3.04. The second-order valence-electron chi connectivity index (χ2n) is 21.4. The van der Waals surface area contributed by atoms with Gasteiger partial charge in [0.2, 0.25) is 0 Å². The Labute approximate surface area is 346 Å². The summed E-state index contributed by atoms with van der Waals surface area (Å²) in [5.74, 6) is -0.659. The SMILES string of the molecule is CCCCC(Cc1cc(C(C)(C)C)c(O)c(C(C)(C)C)c1)C(=O)OC1CC(C)(C)N(C)C(C)(C)C1.COC(=O)CCC(=O)OCCN1C(C)(C)CC(O)CC1(C)C. The van der Waals surface area contributed by atoms with Crippen molar-refractivity contribution in [2.45, 2.75) is 213 Å². The standard InChI is InChI=1S/C31H53NO3.C16H29NO5/c1-13-14-15-22(27(34)35-23-19-30(8,9)32(12)31(10,11)20-23)16-21-17-24(28(2,3)4)26(33)25(18-21)29(5,6)7;1-15(2)10-12(18)11-16(3,4)17(15)8-9-22-14(20)7-6-13(19)21-5/h17-18,22-23,33H,13-16,19-20H2,1-12H3;12,18H,6-11H2,1-5H3. The maximum atomic E-state index is 13.6. The van der Waals surface area contributed by atoms with Gasteiger partial charge >= 0.3 is 17.9 Å². The number of carbonyl (C=O) groups excluding carboxylic acids is 3. The molecule has 10 heteroatoms. The van der Waals surface area contributed by atoms with Gasteiger partial charge in [0.05, 0.1) is 32.0 Å². The van der Waals surface area contributed by atoms with Crippen LogP contribution in [-0.2, 0) is 45.8 Å². The van der Waals surface area contributed by atoms with Gasteiger partial charge < -0.3 is 24.4 Å². The molecular weight excluding hydrogens is 721 g/mol. The number of esters is 3. The molecule has 2 N–H and O–H groups in total. The topological polar surface area (TPSA) is 126 Å². The molecule has 2 aliphatic heterocycles. The summed E-state index contributed by atoms with van der Waals surface area (Å²) in [5.41, 5.74) is 2.27. The van der Waals surface area contributed by atoms with E-state index in [1.54, 1.807) is 0 Å². The molecule has 3 rings (SSSR count). The molecule has 0 saturated carbocycles. The maximum absolute atomic E-state index is 13.6. The van der Waals surface area contributed by atoms with Crippen molar-refractivity contribution in [3.8, 4) is 5.75 Å². The minimum Gasteiger partial charge on any atom is -0.507 e. The van der Waals surface area contributed by atoms with Crippen LogP contribution in [0.2, 0.25) is 0 Å². The third kappa shape index (κ3) is 14.5. The number of aliphatic hydroxyl groups excluding tert-OH is 1.